The van der Waals surface area contributed by atoms with E-state index in [1.54, 1.807) is 38.3 Å². The number of carbonyl (C=O) groups is 1. The van der Waals surface area contributed by atoms with Crippen molar-refractivity contribution in [3.8, 4) is 11.5 Å². The van der Waals surface area contributed by atoms with E-state index in [2.05, 4.69) is 4.40 Å². The number of likely N-dealkylation sites (N-methyl/N-ethyl adjacent to an activating group) is 1. The van der Waals surface area contributed by atoms with Crippen molar-refractivity contribution in [3.05, 3.63) is 81.0 Å². The molecule has 0 bridgehead atoms. The zero-order chi connectivity index (χ0) is 25.0. The van der Waals surface area contributed by atoms with Gasteiger partial charge < -0.3 is 9.47 Å². The van der Waals surface area contributed by atoms with Crippen LogP contribution in [0.4, 0.5) is 0 Å². The maximum absolute atomic E-state index is 13.0. The van der Waals surface area contributed by atoms with Crippen LogP contribution in [0, 0.1) is 0 Å². The SMILES string of the molecule is CCN1C(=O)C(=Cc2ccc(OC)c(OCc3ccccc3)c2)SC1=NS(=O)(=O)c1ccc(Cl)s1. The molecule has 0 N–H and O–H groups in total. The van der Waals surface area contributed by atoms with E-state index in [4.69, 9.17) is 21.1 Å². The molecule has 1 amide bonds. The molecule has 1 saturated heterocycles. The lowest BCUT2D eigenvalue weighted by atomic mass is 10.1. The van der Waals surface area contributed by atoms with Crippen molar-refractivity contribution >= 4 is 61.9 Å². The summed E-state index contributed by atoms with van der Waals surface area (Å²) in [6, 6.07) is 18.0. The number of sulfonamides is 1. The van der Waals surface area contributed by atoms with Crippen molar-refractivity contribution in [1.29, 1.82) is 0 Å². The highest BCUT2D eigenvalue weighted by molar-refractivity contribution is 8.19. The topological polar surface area (TPSA) is 85.3 Å². The molecule has 0 saturated carbocycles. The van der Waals surface area contributed by atoms with Gasteiger partial charge in [0.15, 0.2) is 16.7 Å². The first-order valence-electron chi connectivity index (χ1n) is 10.5. The Kier molecular flexibility index (Phi) is 7.85. The lowest BCUT2D eigenvalue weighted by Gasteiger charge is -2.12. The summed E-state index contributed by atoms with van der Waals surface area (Å²) < 4.78 is 41.1. The third-order valence-electron chi connectivity index (χ3n) is 4.93. The molecule has 1 fully saturated rings. The quantitative estimate of drug-likeness (QED) is 0.337. The third-order valence-corrected chi connectivity index (χ3v) is 9.02. The van der Waals surface area contributed by atoms with Crippen LogP contribution in [0.2, 0.25) is 4.34 Å². The fourth-order valence-corrected chi connectivity index (χ4v) is 6.93. The lowest BCUT2D eigenvalue weighted by Crippen LogP contribution is -2.29. The zero-order valence-corrected chi connectivity index (χ0v) is 22.0. The van der Waals surface area contributed by atoms with Crippen molar-refractivity contribution < 1.29 is 22.7 Å². The second-order valence-corrected chi connectivity index (χ2v) is 11.8. The van der Waals surface area contributed by atoms with Crippen molar-refractivity contribution in [2.45, 2.75) is 17.7 Å². The number of hydrogen-bond acceptors (Lipinski definition) is 7. The highest BCUT2D eigenvalue weighted by Gasteiger charge is 2.34. The number of halogens is 1. The molecule has 7 nitrogen and oxygen atoms in total. The maximum Gasteiger partial charge on any atom is 0.294 e. The number of carbonyl (C=O) groups excluding carboxylic acids is 1. The molecule has 35 heavy (non-hydrogen) atoms. The monoisotopic (exact) mass is 548 g/mol. The number of amidine groups is 1. The first kappa shape index (κ1) is 25.3. The van der Waals surface area contributed by atoms with E-state index in [9.17, 15) is 13.2 Å². The van der Waals surface area contributed by atoms with Crippen molar-refractivity contribution in [2.24, 2.45) is 4.40 Å². The van der Waals surface area contributed by atoms with Crippen LogP contribution in [0.1, 0.15) is 18.1 Å². The number of thiophene rings is 1. The van der Waals surface area contributed by atoms with Gasteiger partial charge in [0.1, 0.15) is 10.8 Å². The number of amides is 1. The summed E-state index contributed by atoms with van der Waals surface area (Å²) in [5.74, 6) is 0.768. The van der Waals surface area contributed by atoms with E-state index >= 15 is 0 Å². The van der Waals surface area contributed by atoms with Gasteiger partial charge in [-0.3, -0.25) is 9.69 Å². The van der Waals surface area contributed by atoms with Crippen LogP contribution in [-0.4, -0.2) is 38.0 Å². The van der Waals surface area contributed by atoms with Crippen LogP contribution in [0.25, 0.3) is 6.08 Å². The predicted octanol–water partition coefficient (Wildman–Crippen LogP) is 5.67. The Hall–Kier alpha value is -2.79. The van der Waals surface area contributed by atoms with Gasteiger partial charge in [0.25, 0.3) is 15.9 Å². The summed E-state index contributed by atoms with van der Waals surface area (Å²) in [6.45, 7) is 2.39. The third kappa shape index (κ3) is 5.90. The first-order chi connectivity index (χ1) is 16.8. The Labute approximate surface area is 217 Å². The Morgan fingerprint density at radius 2 is 1.86 bits per heavy atom. The van der Waals surface area contributed by atoms with E-state index in [1.165, 1.54) is 17.0 Å². The van der Waals surface area contributed by atoms with Crippen LogP contribution >= 0.6 is 34.7 Å². The minimum absolute atomic E-state index is 0.0203. The molecule has 0 spiro atoms. The first-order valence-corrected chi connectivity index (χ1v) is 13.9. The largest absolute Gasteiger partial charge is 0.493 e. The molecule has 1 aromatic heterocycles. The van der Waals surface area contributed by atoms with Gasteiger partial charge in [0.2, 0.25) is 0 Å². The minimum atomic E-state index is -3.99. The van der Waals surface area contributed by atoms with Crippen molar-refractivity contribution in [1.82, 2.24) is 4.90 Å². The summed E-state index contributed by atoms with van der Waals surface area (Å²) in [5.41, 5.74) is 1.71. The molecule has 1 aliphatic heterocycles. The van der Waals surface area contributed by atoms with Crippen LogP contribution in [0.3, 0.4) is 0 Å². The van der Waals surface area contributed by atoms with Gasteiger partial charge in [0, 0.05) is 6.54 Å². The fourth-order valence-electron chi connectivity index (χ4n) is 3.22. The molecular formula is C24H21ClN2O5S3. The number of ether oxygens (including phenoxy) is 2. The Balaban J connectivity index is 1.61. The van der Waals surface area contributed by atoms with Gasteiger partial charge in [-0.2, -0.15) is 8.42 Å². The predicted molar refractivity (Wildman–Crippen MR) is 141 cm³/mol. The maximum atomic E-state index is 13.0. The molecule has 0 atom stereocenters. The van der Waals surface area contributed by atoms with Crippen LogP contribution < -0.4 is 9.47 Å². The van der Waals surface area contributed by atoms with Crippen LogP contribution in [-0.2, 0) is 21.4 Å². The highest BCUT2D eigenvalue weighted by atomic mass is 35.5. The van der Waals surface area contributed by atoms with E-state index in [0.29, 0.717) is 32.9 Å². The normalized spacial score (nSPS) is 16.3. The van der Waals surface area contributed by atoms with Crippen LogP contribution in [0.15, 0.2) is 74.2 Å². The number of benzene rings is 2. The number of nitrogens with zero attached hydrogens (tertiary/aromatic N) is 2. The molecule has 2 aromatic carbocycles. The van der Waals surface area contributed by atoms with Gasteiger partial charge in [-0.15, -0.1) is 15.7 Å². The smallest absolute Gasteiger partial charge is 0.294 e. The molecule has 1 aliphatic rings. The molecule has 0 aliphatic carbocycles. The summed E-state index contributed by atoms with van der Waals surface area (Å²) >= 11 is 7.80. The number of thioether (sulfide) groups is 1. The van der Waals surface area contributed by atoms with Gasteiger partial charge in [-0.05, 0) is 60.2 Å². The fraction of sp³-hybridized carbons (Fsp3) is 0.167. The van der Waals surface area contributed by atoms with Gasteiger partial charge in [-0.1, -0.05) is 48.0 Å². The van der Waals surface area contributed by atoms with Gasteiger partial charge >= 0.3 is 0 Å². The second-order valence-electron chi connectivity index (χ2n) is 7.25. The number of rotatable bonds is 8. The zero-order valence-electron chi connectivity index (χ0n) is 18.8. The molecule has 3 aromatic rings. The molecule has 0 radical (unpaired) electrons. The lowest BCUT2D eigenvalue weighted by molar-refractivity contribution is -0.122. The summed E-state index contributed by atoms with van der Waals surface area (Å²) in [4.78, 5) is 14.7. The molecule has 0 unspecified atom stereocenters. The van der Waals surface area contributed by atoms with Crippen LogP contribution in [0.5, 0.6) is 11.5 Å². The van der Waals surface area contributed by atoms with E-state index in [0.717, 1.165) is 28.7 Å². The molecule has 182 valence electrons. The summed E-state index contributed by atoms with van der Waals surface area (Å²) in [7, 11) is -2.43. The average molecular weight is 549 g/mol. The molecule has 2 heterocycles. The molecular weight excluding hydrogens is 528 g/mol. The van der Waals surface area contributed by atoms with E-state index < -0.39 is 10.0 Å². The molecule has 4 rings (SSSR count). The summed E-state index contributed by atoms with van der Waals surface area (Å²) in [5, 5.41) is 0.0994. The number of hydrogen-bond donors (Lipinski definition) is 0. The average Bonchev–Trinajstić information content (AvgIpc) is 3.41. The standard InChI is InChI=1S/C24H21ClN2O5S3/c1-3-27-23(28)20(33-24(27)26-35(29,30)22-12-11-21(25)34-22)14-17-9-10-18(31-2)19(13-17)32-15-16-7-5-4-6-8-16/h4-14H,3,15H2,1-2H3. The van der Waals surface area contributed by atoms with Gasteiger partial charge in [-0.25, -0.2) is 0 Å². The molecule has 11 heteroatoms. The van der Waals surface area contributed by atoms with E-state index in [1.807, 2.05) is 30.3 Å². The van der Waals surface area contributed by atoms with Gasteiger partial charge in [0.05, 0.1) is 16.4 Å². The highest BCUT2D eigenvalue weighted by Crippen LogP contribution is 2.36. The van der Waals surface area contributed by atoms with E-state index in [-0.39, 0.29) is 21.8 Å². The Morgan fingerprint density at radius 3 is 2.51 bits per heavy atom. The minimum Gasteiger partial charge on any atom is -0.493 e. The number of methoxy groups -OCH3 is 1. The Morgan fingerprint density at radius 1 is 1.09 bits per heavy atom. The van der Waals surface area contributed by atoms with Crippen molar-refractivity contribution in [2.75, 3.05) is 13.7 Å². The van der Waals surface area contributed by atoms with Crippen molar-refractivity contribution in [3.63, 3.8) is 0 Å². The second kappa shape index (κ2) is 10.9. The Bertz CT molecular complexity index is 1400. The summed E-state index contributed by atoms with van der Waals surface area (Å²) in [6.07, 6.45) is 1.68.